The molecule has 0 atom stereocenters. The van der Waals surface area contributed by atoms with E-state index in [-0.39, 0.29) is 11.5 Å². The molecule has 23 heavy (non-hydrogen) atoms. The molecule has 2 aromatic rings. The van der Waals surface area contributed by atoms with Gasteiger partial charge < -0.3 is 9.47 Å². The Kier molecular flexibility index (Phi) is 5.76. The first-order chi connectivity index (χ1) is 10.8. The summed E-state index contributed by atoms with van der Waals surface area (Å²) in [6, 6.07) is 11.7. The third kappa shape index (κ3) is 4.30. The predicted molar refractivity (Wildman–Crippen MR) is 88.6 cm³/mol. The Morgan fingerprint density at radius 3 is 1.26 bits per heavy atom. The van der Waals surface area contributed by atoms with Crippen molar-refractivity contribution < 1.29 is 19.1 Å². The van der Waals surface area contributed by atoms with Gasteiger partial charge in [-0.3, -0.25) is 9.59 Å². The molecule has 0 bridgehead atoms. The molecule has 0 aliphatic rings. The summed E-state index contributed by atoms with van der Waals surface area (Å²) in [6.07, 6.45) is 0. The van der Waals surface area contributed by atoms with Gasteiger partial charge in [0, 0.05) is 10.0 Å². The Morgan fingerprint density at radius 1 is 0.696 bits per heavy atom. The number of hydrogen-bond acceptors (Lipinski definition) is 4. The molecule has 4 nitrogen and oxygen atoms in total. The molecular weight excluding hydrogens is 386 g/mol. The molecule has 0 saturated carbocycles. The second kappa shape index (κ2) is 7.41. The SMILES string of the molecule is O=C(Cl)C(Oc1ccc(Cl)cc1)(Oc1ccc(Cl)cc1)C(=O)Cl. The number of benzene rings is 2. The van der Waals surface area contributed by atoms with E-state index in [1.54, 1.807) is 0 Å². The first-order valence-corrected chi connectivity index (χ1v) is 7.64. The van der Waals surface area contributed by atoms with Gasteiger partial charge >= 0.3 is 16.3 Å². The van der Waals surface area contributed by atoms with Crippen molar-refractivity contribution in [1.29, 1.82) is 0 Å². The summed E-state index contributed by atoms with van der Waals surface area (Å²) in [5, 5.41) is -1.59. The van der Waals surface area contributed by atoms with Crippen LogP contribution in [0.4, 0.5) is 0 Å². The van der Waals surface area contributed by atoms with E-state index >= 15 is 0 Å². The van der Waals surface area contributed by atoms with Gasteiger partial charge in [-0.05, 0) is 71.7 Å². The highest BCUT2D eigenvalue weighted by atomic mass is 35.5. The highest BCUT2D eigenvalue weighted by molar-refractivity contribution is 6.75. The van der Waals surface area contributed by atoms with Crippen LogP contribution in [-0.2, 0) is 9.59 Å². The van der Waals surface area contributed by atoms with E-state index in [4.69, 9.17) is 55.9 Å². The molecule has 120 valence electrons. The van der Waals surface area contributed by atoms with Crippen molar-refractivity contribution >= 4 is 56.9 Å². The number of halogens is 4. The van der Waals surface area contributed by atoms with Crippen LogP contribution in [0.25, 0.3) is 0 Å². The van der Waals surface area contributed by atoms with Crippen LogP contribution >= 0.6 is 46.4 Å². The van der Waals surface area contributed by atoms with Crippen LogP contribution in [0.5, 0.6) is 11.5 Å². The molecule has 0 aliphatic heterocycles. The van der Waals surface area contributed by atoms with Crippen molar-refractivity contribution in [2.45, 2.75) is 5.79 Å². The Bertz CT molecular complexity index is 650. The summed E-state index contributed by atoms with van der Waals surface area (Å²) in [5.41, 5.74) is 0. The highest BCUT2D eigenvalue weighted by Gasteiger charge is 2.50. The van der Waals surface area contributed by atoms with Crippen LogP contribution in [-0.4, -0.2) is 16.3 Å². The second-order valence-electron chi connectivity index (χ2n) is 4.28. The van der Waals surface area contributed by atoms with Gasteiger partial charge in [-0.1, -0.05) is 23.2 Å². The molecule has 0 heterocycles. The van der Waals surface area contributed by atoms with Crippen molar-refractivity contribution in [2.75, 3.05) is 0 Å². The Morgan fingerprint density at radius 2 is 1.00 bits per heavy atom. The Labute approximate surface area is 151 Å². The minimum Gasteiger partial charge on any atom is -0.438 e. The van der Waals surface area contributed by atoms with Gasteiger partial charge in [0.15, 0.2) is 0 Å². The molecule has 0 fully saturated rings. The van der Waals surface area contributed by atoms with Gasteiger partial charge in [0.2, 0.25) is 0 Å². The molecule has 0 aliphatic carbocycles. The fourth-order valence-electron chi connectivity index (χ4n) is 1.60. The summed E-state index contributed by atoms with van der Waals surface area (Å²) in [6.45, 7) is 0. The lowest BCUT2D eigenvalue weighted by Crippen LogP contribution is -2.53. The fraction of sp³-hybridized carbons (Fsp3) is 0.0667. The van der Waals surface area contributed by atoms with Crippen LogP contribution in [0.15, 0.2) is 48.5 Å². The van der Waals surface area contributed by atoms with Gasteiger partial charge in [-0.15, -0.1) is 0 Å². The minimum absolute atomic E-state index is 0.117. The average molecular weight is 394 g/mol. The zero-order chi connectivity index (χ0) is 17.0. The van der Waals surface area contributed by atoms with Crippen LogP contribution in [0.3, 0.4) is 0 Å². The molecule has 8 heteroatoms. The molecule has 0 N–H and O–H groups in total. The Balaban J connectivity index is 2.38. The lowest BCUT2D eigenvalue weighted by molar-refractivity contribution is -0.163. The van der Waals surface area contributed by atoms with Crippen molar-refractivity contribution in [1.82, 2.24) is 0 Å². The average Bonchev–Trinajstić information content (AvgIpc) is 2.50. The lowest BCUT2D eigenvalue weighted by Gasteiger charge is -2.27. The van der Waals surface area contributed by atoms with Crippen LogP contribution in [0.1, 0.15) is 0 Å². The predicted octanol–water partition coefficient (Wildman–Crippen LogP) is 4.68. The van der Waals surface area contributed by atoms with Crippen molar-refractivity contribution in [3.05, 3.63) is 58.6 Å². The number of carbonyl (C=O) groups is 2. The molecular formula is C15H8Cl4O4. The van der Waals surface area contributed by atoms with E-state index in [1.165, 1.54) is 48.5 Å². The van der Waals surface area contributed by atoms with E-state index < -0.39 is 16.3 Å². The molecule has 0 saturated heterocycles. The van der Waals surface area contributed by atoms with Crippen molar-refractivity contribution in [2.24, 2.45) is 0 Å². The maximum atomic E-state index is 11.8. The largest absolute Gasteiger partial charge is 0.438 e. The van der Waals surface area contributed by atoms with E-state index in [0.717, 1.165) is 0 Å². The molecule has 0 aromatic heterocycles. The van der Waals surface area contributed by atoms with Crippen LogP contribution in [0.2, 0.25) is 10.0 Å². The summed E-state index contributed by atoms with van der Waals surface area (Å²) in [7, 11) is 0. The van der Waals surface area contributed by atoms with E-state index in [2.05, 4.69) is 0 Å². The Hall–Kier alpha value is -1.46. The maximum Gasteiger partial charge on any atom is 0.405 e. The smallest absolute Gasteiger partial charge is 0.405 e. The van der Waals surface area contributed by atoms with Crippen molar-refractivity contribution in [3.8, 4) is 11.5 Å². The number of rotatable bonds is 6. The van der Waals surface area contributed by atoms with Crippen LogP contribution < -0.4 is 9.47 Å². The standard InChI is InChI=1S/C15H8Cl4O4/c16-9-1-5-11(6-2-9)22-15(13(18)20,14(19)21)23-12-7-3-10(17)4-8-12/h1-8H. The molecule has 0 unspecified atom stereocenters. The van der Waals surface area contributed by atoms with Gasteiger partial charge in [0.25, 0.3) is 0 Å². The van der Waals surface area contributed by atoms with Gasteiger partial charge in [-0.2, -0.15) is 0 Å². The zero-order valence-corrected chi connectivity index (χ0v) is 14.3. The second-order valence-corrected chi connectivity index (χ2v) is 5.84. The molecule has 0 amide bonds. The summed E-state index contributed by atoms with van der Waals surface area (Å²) in [5.74, 6) is -2.30. The number of hydrogen-bond donors (Lipinski definition) is 0. The topological polar surface area (TPSA) is 52.6 Å². The number of ether oxygens (including phenoxy) is 2. The molecule has 0 spiro atoms. The minimum atomic E-state index is -2.54. The molecule has 2 aromatic carbocycles. The van der Waals surface area contributed by atoms with Gasteiger partial charge in [-0.25, -0.2) is 0 Å². The van der Waals surface area contributed by atoms with Gasteiger partial charge in [0.05, 0.1) is 0 Å². The quantitative estimate of drug-likeness (QED) is 0.406. The summed E-state index contributed by atoms with van der Waals surface area (Å²) < 4.78 is 10.7. The monoisotopic (exact) mass is 392 g/mol. The summed E-state index contributed by atoms with van der Waals surface area (Å²) in [4.78, 5) is 23.6. The fourth-order valence-corrected chi connectivity index (χ4v) is 2.22. The lowest BCUT2D eigenvalue weighted by atomic mass is 10.3. The van der Waals surface area contributed by atoms with Gasteiger partial charge in [0.1, 0.15) is 11.5 Å². The van der Waals surface area contributed by atoms with Crippen molar-refractivity contribution in [3.63, 3.8) is 0 Å². The van der Waals surface area contributed by atoms with E-state index in [1.807, 2.05) is 0 Å². The van der Waals surface area contributed by atoms with Crippen LogP contribution in [0, 0.1) is 0 Å². The molecule has 0 radical (unpaired) electrons. The third-order valence-electron chi connectivity index (χ3n) is 2.67. The number of carbonyl (C=O) groups excluding carboxylic acids is 2. The third-order valence-corrected chi connectivity index (χ3v) is 3.67. The van der Waals surface area contributed by atoms with E-state index in [0.29, 0.717) is 10.0 Å². The van der Waals surface area contributed by atoms with E-state index in [9.17, 15) is 9.59 Å². The normalized spacial score (nSPS) is 11.0. The first-order valence-electron chi connectivity index (χ1n) is 6.12. The summed E-state index contributed by atoms with van der Waals surface area (Å²) >= 11 is 22.6. The first kappa shape index (κ1) is 17.9. The molecule has 2 rings (SSSR count). The zero-order valence-electron chi connectivity index (χ0n) is 11.3. The maximum absolute atomic E-state index is 11.8. The highest BCUT2D eigenvalue weighted by Crippen LogP contribution is 2.29.